The van der Waals surface area contributed by atoms with E-state index in [0.717, 1.165) is 19.6 Å². The van der Waals surface area contributed by atoms with E-state index < -0.39 is 0 Å². The third-order valence-corrected chi connectivity index (χ3v) is 4.34. The molecule has 2 amide bonds. The number of aromatic nitrogens is 1. The van der Waals surface area contributed by atoms with Gasteiger partial charge in [-0.1, -0.05) is 19.9 Å². The van der Waals surface area contributed by atoms with Crippen molar-refractivity contribution in [2.45, 2.75) is 20.3 Å². The Bertz CT molecular complexity index is 509. The van der Waals surface area contributed by atoms with E-state index in [1.807, 2.05) is 11.0 Å². The monoisotopic (exact) mass is 318 g/mol. The van der Waals surface area contributed by atoms with Gasteiger partial charge in [0.05, 0.1) is 0 Å². The molecule has 0 radical (unpaired) electrons. The summed E-state index contributed by atoms with van der Waals surface area (Å²) in [6, 6.07) is 5.33. The van der Waals surface area contributed by atoms with Crippen LogP contribution >= 0.6 is 0 Å². The molecule has 2 heterocycles. The van der Waals surface area contributed by atoms with Gasteiger partial charge >= 0.3 is 0 Å². The van der Waals surface area contributed by atoms with Gasteiger partial charge in [-0.3, -0.25) is 14.6 Å². The van der Waals surface area contributed by atoms with E-state index in [0.29, 0.717) is 38.3 Å². The maximum absolute atomic E-state index is 12.3. The van der Waals surface area contributed by atoms with Crippen molar-refractivity contribution in [2.24, 2.45) is 0 Å². The molecule has 0 saturated carbocycles. The maximum Gasteiger partial charge on any atom is 0.272 e. The molecule has 0 N–H and O–H groups in total. The summed E-state index contributed by atoms with van der Waals surface area (Å²) >= 11 is 0. The van der Waals surface area contributed by atoms with Gasteiger partial charge in [-0.15, -0.1) is 0 Å². The Morgan fingerprint density at radius 2 is 1.74 bits per heavy atom. The number of nitrogens with zero attached hydrogens (tertiary/aromatic N) is 4. The highest BCUT2D eigenvalue weighted by Crippen LogP contribution is 2.08. The van der Waals surface area contributed by atoms with Crippen molar-refractivity contribution in [2.75, 3.05) is 45.8 Å². The third kappa shape index (κ3) is 4.76. The smallest absolute Gasteiger partial charge is 0.272 e. The standard InChI is InChI=1S/C17H26N4O2/c1-3-19(4-2)10-8-16(22)20-11-13-21(14-12-20)17(23)15-7-5-6-9-18-15/h5-7,9H,3-4,8,10-14H2,1-2H3. The summed E-state index contributed by atoms with van der Waals surface area (Å²) in [4.78, 5) is 34.6. The number of amides is 2. The molecule has 1 aromatic rings. The van der Waals surface area contributed by atoms with Crippen LogP contribution in [0.3, 0.4) is 0 Å². The van der Waals surface area contributed by atoms with Crippen LogP contribution in [0.4, 0.5) is 0 Å². The van der Waals surface area contributed by atoms with Crippen LogP contribution in [-0.4, -0.2) is 77.3 Å². The van der Waals surface area contributed by atoms with Crippen LogP contribution in [0.1, 0.15) is 30.8 Å². The number of rotatable bonds is 6. The van der Waals surface area contributed by atoms with Gasteiger partial charge in [0, 0.05) is 45.3 Å². The Labute approximate surface area is 138 Å². The zero-order valence-electron chi connectivity index (χ0n) is 14.1. The number of pyridine rings is 1. The van der Waals surface area contributed by atoms with Crippen molar-refractivity contribution < 1.29 is 9.59 Å². The molecule has 1 saturated heterocycles. The van der Waals surface area contributed by atoms with Gasteiger partial charge in [0.1, 0.15) is 5.69 Å². The second-order valence-electron chi connectivity index (χ2n) is 5.66. The SMILES string of the molecule is CCN(CC)CCC(=O)N1CCN(C(=O)c2ccccn2)CC1. The molecule has 2 rings (SSSR count). The van der Waals surface area contributed by atoms with Gasteiger partial charge < -0.3 is 14.7 Å². The van der Waals surface area contributed by atoms with Gasteiger partial charge in [-0.05, 0) is 25.2 Å². The first kappa shape index (κ1) is 17.4. The molecule has 1 fully saturated rings. The molecular formula is C17H26N4O2. The fourth-order valence-electron chi connectivity index (χ4n) is 2.76. The van der Waals surface area contributed by atoms with Crippen LogP contribution in [0.25, 0.3) is 0 Å². The predicted octanol–water partition coefficient (Wildman–Crippen LogP) is 1.10. The zero-order valence-corrected chi connectivity index (χ0v) is 14.1. The average Bonchev–Trinajstić information content (AvgIpc) is 2.62. The highest BCUT2D eigenvalue weighted by molar-refractivity contribution is 5.92. The first-order chi connectivity index (χ1) is 11.2. The second-order valence-corrected chi connectivity index (χ2v) is 5.66. The van der Waals surface area contributed by atoms with Gasteiger partial charge in [-0.2, -0.15) is 0 Å². The topological polar surface area (TPSA) is 56.8 Å². The summed E-state index contributed by atoms with van der Waals surface area (Å²) in [6.07, 6.45) is 2.18. The lowest BCUT2D eigenvalue weighted by Gasteiger charge is -2.35. The van der Waals surface area contributed by atoms with Crippen molar-refractivity contribution >= 4 is 11.8 Å². The number of hydrogen-bond donors (Lipinski definition) is 0. The normalized spacial score (nSPS) is 15.1. The molecule has 6 nitrogen and oxygen atoms in total. The van der Waals surface area contributed by atoms with Crippen LogP contribution in [0, 0.1) is 0 Å². The Morgan fingerprint density at radius 1 is 1.09 bits per heavy atom. The number of piperazine rings is 1. The molecule has 6 heteroatoms. The second kappa shape index (κ2) is 8.62. The van der Waals surface area contributed by atoms with E-state index in [1.54, 1.807) is 23.2 Å². The lowest BCUT2D eigenvalue weighted by atomic mass is 10.2. The highest BCUT2D eigenvalue weighted by atomic mass is 16.2. The predicted molar refractivity (Wildman–Crippen MR) is 89.1 cm³/mol. The zero-order chi connectivity index (χ0) is 16.7. The summed E-state index contributed by atoms with van der Waals surface area (Å²) in [5.74, 6) is 0.127. The largest absolute Gasteiger partial charge is 0.339 e. The first-order valence-corrected chi connectivity index (χ1v) is 8.36. The maximum atomic E-state index is 12.3. The molecule has 0 spiro atoms. The molecule has 0 aromatic carbocycles. The summed E-state index contributed by atoms with van der Waals surface area (Å²) in [7, 11) is 0. The number of carbonyl (C=O) groups excluding carboxylic acids is 2. The Hall–Kier alpha value is -1.95. The minimum Gasteiger partial charge on any atom is -0.339 e. The van der Waals surface area contributed by atoms with Crippen molar-refractivity contribution in [1.29, 1.82) is 0 Å². The van der Waals surface area contributed by atoms with E-state index in [1.165, 1.54) is 0 Å². The molecule has 0 unspecified atom stereocenters. The molecule has 1 aliphatic rings. The molecule has 1 aliphatic heterocycles. The van der Waals surface area contributed by atoms with Crippen molar-refractivity contribution in [3.05, 3.63) is 30.1 Å². The highest BCUT2D eigenvalue weighted by Gasteiger charge is 2.25. The van der Waals surface area contributed by atoms with Crippen LogP contribution < -0.4 is 0 Å². The summed E-state index contributed by atoms with van der Waals surface area (Å²) in [6.45, 7) is 9.32. The van der Waals surface area contributed by atoms with Crippen molar-refractivity contribution in [3.63, 3.8) is 0 Å². The average molecular weight is 318 g/mol. The molecular weight excluding hydrogens is 292 g/mol. The summed E-state index contributed by atoms with van der Waals surface area (Å²) < 4.78 is 0. The van der Waals surface area contributed by atoms with Crippen molar-refractivity contribution in [1.82, 2.24) is 19.7 Å². The van der Waals surface area contributed by atoms with Gasteiger partial charge in [-0.25, -0.2) is 0 Å². The summed E-state index contributed by atoms with van der Waals surface area (Å²) in [5.41, 5.74) is 0.466. The summed E-state index contributed by atoms with van der Waals surface area (Å²) in [5, 5.41) is 0. The van der Waals surface area contributed by atoms with Crippen LogP contribution in [-0.2, 0) is 4.79 Å². The first-order valence-electron chi connectivity index (χ1n) is 8.36. The van der Waals surface area contributed by atoms with Crippen LogP contribution in [0.2, 0.25) is 0 Å². The minimum absolute atomic E-state index is 0.0548. The van der Waals surface area contributed by atoms with Crippen molar-refractivity contribution in [3.8, 4) is 0 Å². The van der Waals surface area contributed by atoms with E-state index >= 15 is 0 Å². The number of carbonyl (C=O) groups is 2. The fourth-order valence-corrected chi connectivity index (χ4v) is 2.76. The third-order valence-electron chi connectivity index (χ3n) is 4.34. The molecule has 0 aliphatic carbocycles. The lowest BCUT2D eigenvalue weighted by Crippen LogP contribution is -2.51. The Kier molecular flexibility index (Phi) is 6.52. The molecule has 0 bridgehead atoms. The van der Waals surface area contributed by atoms with Crippen LogP contribution in [0.5, 0.6) is 0 Å². The molecule has 1 aromatic heterocycles. The Morgan fingerprint density at radius 3 is 2.30 bits per heavy atom. The molecule has 126 valence electrons. The van der Waals surface area contributed by atoms with E-state index in [4.69, 9.17) is 0 Å². The van der Waals surface area contributed by atoms with Crippen LogP contribution in [0.15, 0.2) is 24.4 Å². The quantitative estimate of drug-likeness (QED) is 0.788. The van der Waals surface area contributed by atoms with Gasteiger partial charge in [0.25, 0.3) is 5.91 Å². The van der Waals surface area contributed by atoms with E-state index in [-0.39, 0.29) is 11.8 Å². The fraction of sp³-hybridized carbons (Fsp3) is 0.588. The minimum atomic E-state index is -0.0548. The van der Waals surface area contributed by atoms with Gasteiger partial charge in [0.15, 0.2) is 0 Å². The van der Waals surface area contributed by atoms with E-state index in [9.17, 15) is 9.59 Å². The molecule has 0 atom stereocenters. The van der Waals surface area contributed by atoms with Gasteiger partial charge in [0.2, 0.25) is 5.91 Å². The lowest BCUT2D eigenvalue weighted by molar-refractivity contribution is -0.133. The molecule has 23 heavy (non-hydrogen) atoms. The van der Waals surface area contributed by atoms with E-state index in [2.05, 4.69) is 23.7 Å². The number of hydrogen-bond acceptors (Lipinski definition) is 4. The Balaban J connectivity index is 1.79.